The van der Waals surface area contributed by atoms with Crippen LogP contribution in [0.1, 0.15) is 36.5 Å². The Morgan fingerprint density at radius 2 is 1.54 bits per heavy atom. The summed E-state index contributed by atoms with van der Waals surface area (Å²) < 4.78 is 12.3. The highest BCUT2D eigenvalue weighted by Gasteiger charge is 2.26. The standard InChI is InChI=1S/C29H34N2O4/c1-22(32)30-27-14-16-31(17-15-28(27)33)19-25-18-26(34-20-23-8-4-2-5-9-23)12-13-29(25)35-21-24-10-6-3-7-11-24/h2-13,18,27-28,33H,14-17,19-21H2,1H3,(H,30,32)/t27-,28-/m0/s1. The van der Waals surface area contributed by atoms with Crippen molar-refractivity contribution in [3.63, 3.8) is 0 Å². The Morgan fingerprint density at radius 3 is 2.20 bits per heavy atom. The van der Waals surface area contributed by atoms with Gasteiger partial charge in [-0.05, 0) is 42.2 Å². The highest BCUT2D eigenvalue weighted by molar-refractivity contribution is 5.73. The minimum atomic E-state index is -0.543. The summed E-state index contributed by atoms with van der Waals surface area (Å²) in [6.07, 6.45) is 0.763. The topological polar surface area (TPSA) is 71.0 Å². The average Bonchev–Trinajstić information content (AvgIpc) is 3.04. The summed E-state index contributed by atoms with van der Waals surface area (Å²) in [6.45, 7) is 4.67. The van der Waals surface area contributed by atoms with Crippen LogP contribution in [0.4, 0.5) is 0 Å². The third kappa shape index (κ3) is 7.57. The van der Waals surface area contributed by atoms with E-state index in [4.69, 9.17) is 9.47 Å². The second kappa shape index (κ2) is 12.4. The predicted molar refractivity (Wildman–Crippen MR) is 136 cm³/mol. The molecule has 0 aromatic heterocycles. The number of aliphatic hydroxyl groups excluding tert-OH is 1. The zero-order valence-electron chi connectivity index (χ0n) is 20.2. The molecule has 1 saturated heterocycles. The van der Waals surface area contributed by atoms with Gasteiger partial charge in [-0.15, -0.1) is 0 Å². The molecule has 2 atom stereocenters. The van der Waals surface area contributed by atoms with Crippen molar-refractivity contribution in [2.24, 2.45) is 0 Å². The maximum atomic E-state index is 11.5. The number of hydrogen-bond donors (Lipinski definition) is 2. The maximum Gasteiger partial charge on any atom is 0.217 e. The number of carbonyl (C=O) groups excluding carboxylic acids is 1. The van der Waals surface area contributed by atoms with Crippen molar-refractivity contribution in [2.75, 3.05) is 13.1 Å². The monoisotopic (exact) mass is 474 g/mol. The number of amides is 1. The highest BCUT2D eigenvalue weighted by atomic mass is 16.5. The van der Waals surface area contributed by atoms with Gasteiger partial charge in [0.25, 0.3) is 0 Å². The van der Waals surface area contributed by atoms with Gasteiger partial charge in [0.05, 0.1) is 12.1 Å². The first kappa shape index (κ1) is 24.8. The van der Waals surface area contributed by atoms with E-state index in [1.54, 1.807) is 0 Å². The molecule has 4 rings (SSSR count). The van der Waals surface area contributed by atoms with Crippen LogP contribution in [0, 0.1) is 0 Å². The Bertz CT molecular complexity index is 1070. The maximum absolute atomic E-state index is 11.5. The number of likely N-dealkylation sites (tertiary alicyclic amines) is 1. The molecule has 6 heteroatoms. The van der Waals surface area contributed by atoms with E-state index in [0.717, 1.165) is 41.3 Å². The number of nitrogens with zero attached hydrogens (tertiary/aromatic N) is 1. The molecular formula is C29H34N2O4. The zero-order valence-corrected chi connectivity index (χ0v) is 20.2. The van der Waals surface area contributed by atoms with Gasteiger partial charge >= 0.3 is 0 Å². The van der Waals surface area contributed by atoms with Gasteiger partial charge < -0.3 is 19.9 Å². The normalized spacial score (nSPS) is 18.5. The molecule has 1 fully saturated rings. The van der Waals surface area contributed by atoms with Crippen LogP contribution < -0.4 is 14.8 Å². The Kier molecular flexibility index (Phi) is 8.76. The summed E-state index contributed by atoms with van der Waals surface area (Å²) in [4.78, 5) is 13.8. The van der Waals surface area contributed by atoms with E-state index in [2.05, 4.69) is 28.4 Å². The predicted octanol–water partition coefficient (Wildman–Crippen LogP) is 4.31. The van der Waals surface area contributed by atoms with Gasteiger partial charge in [-0.3, -0.25) is 9.69 Å². The molecule has 3 aromatic carbocycles. The Balaban J connectivity index is 1.47. The zero-order chi connectivity index (χ0) is 24.5. The van der Waals surface area contributed by atoms with Crippen molar-refractivity contribution < 1.29 is 19.4 Å². The van der Waals surface area contributed by atoms with Crippen LogP contribution in [-0.4, -0.2) is 41.1 Å². The Morgan fingerprint density at radius 1 is 0.914 bits per heavy atom. The van der Waals surface area contributed by atoms with E-state index in [-0.39, 0.29) is 11.9 Å². The number of nitrogens with one attached hydrogen (secondary N) is 1. The molecule has 0 saturated carbocycles. The van der Waals surface area contributed by atoms with Crippen LogP contribution in [0.15, 0.2) is 78.9 Å². The van der Waals surface area contributed by atoms with E-state index in [1.165, 1.54) is 6.92 Å². The fraction of sp³-hybridized carbons (Fsp3) is 0.345. The van der Waals surface area contributed by atoms with E-state index in [1.807, 2.05) is 60.7 Å². The lowest BCUT2D eigenvalue weighted by Gasteiger charge is -2.22. The summed E-state index contributed by atoms with van der Waals surface area (Å²) in [6, 6.07) is 26.0. The van der Waals surface area contributed by atoms with Crippen LogP contribution in [0.2, 0.25) is 0 Å². The molecule has 6 nitrogen and oxygen atoms in total. The van der Waals surface area contributed by atoms with Crippen LogP contribution in [0.5, 0.6) is 11.5 Å². The van der Waals surface area contributed by atoms with Crippen molar-refractivity contribution in [1.29, 1.82) is 0 Å². The summed E-state index contributed by atoms with van der Waals surface area (Å²) >= 11 is 0. The van der Waals surface area contributed by atoms with Gasteiger partial charge in [-0.2, -0.15) is 0 Å². The highest BCUT2D eigenvalue weighted by Crippen LogP contribution is 2.28. The molecule has 1 heterocycles. The number of ether oxygens (including phenoxy) is 2. The van der Waals surface area contributed by atoms with Gasteiger partial charge in [-0.1, -0.05) is 60.7 Å². The Labute approximate surface area is 207 Å². The van der Waals surface area contributed by atoms with Crippen molar-refractivity contribution in [3.8, 4) is 11.5 Å². The molecule has 2 N–H and O–H groups in total. The van der Waals surface area contributed by atoms with Gasteiger partial charge in [0, 0.05) is 32.1 Å². The Hall–Kier alpha value is -3.35. The molecule has 0 bridgehead atoms. The van der Waals surface area contributed by atoms with Gasteiger partial charge in [0.15, 0.2) is 0 Å². The first-order valence-corrected chi connectivity index (χ1v) is 12.2. The lowest BCUT2D eigenvalue weighted by atomic mass is 10.1. The smallest absolute Gasteiger partial charge is 0.217 e. The SMILES string of the molecule is CC(=O)N[C@H]1CCN(Cc2cc(OCc3ccccc3)ccc2OCc2ccccc2)CC[C@@H]1O. The van der Waals surface area contributed by atoms with E-state index in [0.29, 0.717) is 32.6 Å². The lowest BCUT2D eigenvalue weighted by molar-refractivity contribution is -0.120. The number of aliphatic hydroxyl groups is 1. The molecule has 0 unspecified atom stereocenters. The van der Waals surface area contributed by atoms with Crippen molar-refractivity contribution >= 4 is 5.91 Å². The van der Waals surface area contributed by atoms with Crippen molar-refractivity contribution in [3.05, 3.63) is 95.6 Å². The first-order valence-electron chi connectivity index (χ1n) is 12.2. The third-order valence-corrected chi connectivity index (χ3v) is 6.26. The second-order valence-electron chi connectivity index (χ2n) is 9.05. The quantitative estimate of drug-likeness (QED) is 0.484. The molecule has 3 aromatic rings. The van der Waals surface area contributed by atoms with Crippen molar-refractivity contribution in [1.82, 2.24) is 10.2 Å². The molecule has 35 heavy (non-hydrogen) atoms. The molecule has 184 valence electrons. The summed E-state index contributed by atoms with van der Waals surface area (Å²) in [5.74, 6) is 1.51. The number of rotatable bonds is 9. The van der Waals surface area contributed by atoms with E-state index < -0.39 is 6.10 Å². The average molecular weight is 475 g/mol. The summed E-state index contributed by atoms with van der Waals surface area (Å²) in [7, 11) is 0. The number of hydrogen-bond acceptors (Lipinski definition) is 5. The fourth-order valence-corrected chi connectivity index (χ4v) is 4.36. The molecule has 1 amide bonds. The largest absolute Gasteiger partial charge is 0.489 e. The van der Waals surface area contributed by atoms with Crippen LogP contribution in [0.25, 0.3) is 0 Å². The molecule has 0 radical (unpaired) electrons. The molecular weight excluding hydrogens is 440 g/mol. The van der Waals surface area contributed by atoms with E-state index >= 15 is 0 Å². The first-order chi connectivity index (χ1) is 17.1. The summed E-state index contributed by atoms with van der Waals surface area (Å²) in [5.41, 5.74) is 3.27. The van der Waals surface area contributed by atoms with Gasteiger partial charge in [-0.25, -0.2) is 0 Å². The minimum Gasteiger partial charge on any atom is -0.489 e. The molecule has 0 aliphatic carbocycles. The minimum absolute atomic E-state index is 0.109. The second-order valence-corrected chi connectivity index (χ2v) is 9.05. The fourth-order valence-electron chi connectivity index (χ4n) is 4.36. The number of carbonyl (C=O) groups is 1. The van der Waals surface area contributed by atoms with Crippen LogP contribution in [0.3, 0.4) is 0 Å². The molecule has 0 spiro atoms. The van der Waals surface area contributed by atoms with E-state index in [9.17, 15) is 9.90 Å². The van der Waals surface area contributed by atoms with Crippen LogP contribution in [-0.2, 0) is 24.6 Å². The molecule has 1 aliphatic heterocycles. The van der Waals surface area contributed by atoms with Crippen molar-refractivity contribution in [2.45, 2.75) is 51.7 Å². The molecule has 1 aliphatic rings. The van der Waals surface area contributed by atoms with Gasteiger partial charge in [0.2, 0.25) is 5.91 Å². The third-order valence-electron chi connectivity index (χ3n) is 6.26. The van der Waals surface area contributed by atoms with Crippen LogP contribution >= 0.6 is 0 Å². The summed E-state index contributed by atoms with van der Waals surface area (Å²) in [5, 5.41) is 13.4. The lowest BCUT2D eigenvalue weighted by Crippen LogP contribution is -2.42. The van der Waals surface area contributed by atoms with Gasteiger partial charge in [0.1, 0.15) is 24.7 Å². The number of benzene rings is 3.